The van der Waals surface area contributed by atoms with Crippen molar-refractivity contribution in [3.63, 3.8) is 0 Å². The maximum atomic E-state index is 11.4. The summed E-state index contributed by atoms with van der Waals surface area (Å²) in [6.45, 7) is 2.70. The molecule has 0 radical (unpaired) electrons. The van der Waals surface area contributed by atoms with E-state index in [-0.39, 0.29) is 5.97 Å². The van der Waals surface area contributed by atoms with E-state index in [1.165, 1.54) is 7.11 Å². The average molecular weight is 305 g/mol. The Kier molecular flexibility index (Phi) is 5.24. The second-order valence-electron chi connectivity index (χ2n) is 5.13. The van der Waals surface area contributed by atoms with E-state index in [4.69, 9.17) is 4.52 Å². The Balaban J connectivity index is 2.06. The number of aliphatic hydroxyl groups excluding tert-OH is 1. The van der Waals surface area contributed by atoms with E-state index in [1.807, 2.05) is 11.9 Å². The highest BCUT2D eigenvalue weighted by Gasteiger charge is 2.12. The zero-order chi connectivity index (χ0) is 16.1. The number of aliphatic hydroxyl groups is 1. The lowest BCUT2D eigenvalue weighted by Gasteiger charge is -2.15. The van der Waals surface area contributed by atoms with Crippen molar-refractivity contribution in [2.45, 2.75) is 19.6 Å². The number of ether oxygens (including phenoxy) is 1. The standard InChI is InChI=1S/C15H19N3O4/c1-10(19)8-18(2)9-13-16-14(17-22-13)11-4-6-12(7-5-11)15(20)21-3/h4-7,10,19H,8-9H2,1-3H3/t10-/m1/s1. The predicted octanol–water partition coefficient (Wildman–Crippen LogP) is 1.34. The Morgan fingerprint density at radius 2 is 2.09 bits per heavy atom. The van der Waals surface area contributed by atoms with Crippen molar-refractivity contribution in [2.24, 2.45) is 0 Å². The Bertz CT molecular complexity index is 622. The van der Waals surface area contributed by atoms with Crippen LogP contribution in [0, 0.1) is 0 Å². The van der Waals surface area contributed by atoms with Crippen LogP contribution in [0.1, 0.15) is 23.2 Å². The number of likely N-dealkylation sites (N-methyl/N-ethyl adjacent to an activating group) is 1. The molecule has 7 nitrogen and oxygen atoms in total. The molecule has 2 rings (SSSR count). The SMILES string of the molecule is COC(=O)c1ccc(-c2noc(CN(C)C[C@@H](C)O)n2)cc1. The van der Waals surface area contributed by atoms with Gasteiger partial charge in [0, 0.05) is 12.1 Å². The van der Waals surface area contributed by atoms with E-state index in [1.54, 1.807) is 31.2 Å². The van der Waals surface area contributed by atoms with Gasteiger partial charge in [0.15, 0.2) is 0 Å². The van der Waals surface area contributed by atoms with Crippen LogP contribution < -0.4 is 0 Å². The van der Waals surface area contributed by atoms with Gasteiger partial charge in [0.25, 0.3) is 0 Å². The maximum Gasteiger partial charge on any atom is 0.337 e. The monoisotopic (exact) mass is 305 g/mol. The van der Waals surface area contributed by atoms with Gasteiger partial charge in [-0.2, -0.15) is 4.98 Å². The lowest BCUT2D eigenvalue weighted by Crippen LogP contribution is -2.26. The average Bonchev–Trinajstić information content (AvgIpc) is 2.94. The fourth-order valence-electron chi connectivity index (χ4n) is 2.06. The molecule has 0 amide bonds. The highest BCUT2D eigenvalue weighted by molar-refractivity contribution is 5.89. The molecule has 0 spiro atoms. The quantitative estimate of drug-likeness (QED) is 0.805. The molecule has 1 N–H and O–H groups in total. The molecule has 1 atom stereocenters. The van der Waals surface area contributed by atoms with Crippen LogP contribution in [-0.4, -0.2) is 52.9 Å². The summed E-state index contributed by atoms with van der Waals surface area (Å²) >= 11 is 0. The first-order valence-corrected chi connectivity index (χ1v) is 6.87. The summed E-state index contributed by atoms with van der Waals surface area (Å²) in [6.07, 6.45) is -0.418. The van der Waals surface area contributed by atoms with Crippen molar-refractivity contribution in [1.29, 1.82) is 0 Å². The highest BCUT2D eigenvalue weighted by atomic mass is 16.5. The fraction of sp³-hybridized carbons (Fsp3) is 0.400. The molecule has 22 heavy (non-hydrogen) atoms. The minimum absolute atomic E-state index is 0.389. The van der Waals surface area contributed by atoms with Gasteiger partial charge in [0.1, 0.15) is 0 Å². The molecule has 118 valence electrons. The van der Waals surface area contributed by atoms with E-state index in [9.17, 15) is 9.90 Å². The number of carbonyl (C=O) groups is 1. The first-order chi connectivity index (χ1) is 10.5. The number of carbonyl (C=O) groups excluding carboxylic acids is 1. The Morgan fingerprint density at radius 3 is 2.68 bits per heavy atom. The number of nitrogens with zero attached hydrogens (tertiary/aromatic N) is 3. The summed E-state index contributed by atoms with van der Waals surface area (Å²) in [5.74, 6) is 0.534. The number of methoxy groups -OCH3 is 1. The van der Waals surface area contributed by atoms with Gasteiger partial charge in [0.2, 0.25) is 11.7 Å². The smallest absolute Gasteiger partial charge is 0.337 e. The van der Waals surface area contributed by atoms with Gasteiger partial charge in [-0.05, 0) is 26.1 Å². The molecule has 0 aliphatic heterocycles. The van der Waals surface area contributed by atoms with E-state index in [0.717, 1.165) is 5.56 Å². The molecule has 1 aromatic carbocycles. The molecule has 0 fully saturated rings. The summed E-state index contributed by atoms with van der Waals surface area (Å²) < 4.78 is 9.84. The van der Waals surface area contributed by atoms with Crippen molar-refractivity contribution in [1.82, 2.24) is 15.0 Å². The molecule has 0 saturated carbocycles. The van der Waals surface area contributed by atoms with Crippen LogP contribution in [0.5, 0.6) is 0 Å². The number of hydrogen-bond acceptors (Lipinski definition) is 7. The van der Waals surface area contributed by atoms with E-state index >= 15 is 0 Å². The van der Waals surface area contributed by atoms with E-state index in [2.05, 4.69) is 14.9 Å². The van der Waals surface area contributed by atoms with Gasteiger partial charge in [-0.15, -0.1) is 0 Å². The van der Waals surface area contributed by atoms with Crippen molar-refractivity contribution in [3.8, 4) is 11.4 Å². The second-order valence-corrected chi connectivity index (χ2v) is 5.13. The number of esters is 1. The van der Waals surface area contributed by atoms with Crippen LogP contribution in [0.2, 0.25) is 0 Å². The molecule has 0 bridgehead atoms. The molecule has 7 heteroatoms. The summed E-state index contributed by atoms with van der Waals surface area (Å²) in [6, 6.07) is 6.77. The molecule has 0 unspecified atom stereocenters. The third-order valence-electron chi connectivity index (χ3n) is 3.01. The topological polar surface area (TPSA) is 88.7 Å². The van der Waals surface area contributed by atoms with Gasteiger partial charge in [-0.1, -0.05) is 17.3 Å². The van der Waals surface area contributed by atoms with Gasteiger partial charge in [0.05, 0.1) is 25.3 Å². The number of rotatable bonds is 6. The highest BCUT2D eigenvalue weighted by Crippen LogP contribution is 2.17. The molecule has 0 aliphatic carbocycles. The van der Waals surface area contributed by atoms with Crippen molar-refractivity contribution in [2.75, 3.05) is 20.7 Å². The summed E-state index contributed by atoms with van der Waals surface area (Å²) in [5, 5.41) is 13.3. The van der Waals surface area contributed by atoms with Gasteiger partial charge < -0.3 is 14.4 Å². The van der Waals surface area contributed by atoms with Crippen molar-refractivity contribution < 1.29 is 19.2 Å². The molecule has 1 heterocycles. The fourth-order valence-corrected chi connectivity index (χ4v) is 2.06. The first-order valence-electron chi connectivity index (χ1n) is 6.87. The van der Waals surface area contributed by atoms with E-state index in [0.29, 0.717) is 30.4 Å². The lowest BCUT2D eigenvalue weighted by atomic mass is 10.1. The Labute approximate surface area is 128 Å². The minimum Gasteiger partial charge on any atom is -0.465 e. The number of aromatic nitrogens is 2. The number of hydrogen-bond donors (Lipinski definition) is 1. The van der Waals surface area contributed by atoms with Crippen molar-refractivity contribution in [3.05, 3.63) is 35.7 Å². The summed E-state index contributed by atoms with van der Waals surface area (Å²) in [4.78, 5) is 17.6. The maximum absolute atomic E-state index is 11.4. The summed E-state index contributed by atoms with van der Waals surface area (Å²) in [5.41, 5.74) is 1.22. The van der Waals surface area contributed by atoms with E-state index < -0.39 is 6.10 Å². The largest absolute Gasteiger partial charge is 0.465 e. The van der Waals surface area contributed by atoms with Gasteiger partial charge in [-0.25, -0.2) is 4.79 Å². The van der Waals surface area contributed by atoms with Crippen LogP contribution in [-0.2, 0) is 11.3 Å². The first kappa shape index (κ1) is 16.1. The third-order valence-corrected chi connectivity index (χ3v) is 3.01. The Hall–Kier alpha value is -2.25. The van der Waals surface area contributed by atoms with Crippen LogP contribution in [0.25, 0.3) is 11.4 Å². The van der Waals surface area contributed by atoms with Crippen LogP contribution in [0.4, 0.5) is 0 Å². The molecule has 1 aromatic heterocycles. The van der Waals surface area contributed by atoms with Gasteiger partial charge in [-0.3, -0.25) is 4.90 Å². The predicted molar refractivity (Wildman–Crippen MR) is 79.1 cm³/mol. The zero-order valence-corrected chi connectivity index (χ0v) is 12.8. The number of benzene rings is 1. The molecule has 2 aromatic rings. The third kappa shape index (κ3) is 4.12. The normalized spacial score (nSPS) is 12.4. The second kappa shape index (κ2) is 7.15. The molecular formula is C15H19N3O4. The van der Waals surface area contributed by atoms with Gasteiger partial charge >= 0.3 is 5.97 Å². The zero-order valence-electron chi connectivity index (χ0n) is 12.8. The molecule has 0 saturated heterocycles. The minimum atomic E-state index is -0.418. The Morgan fingerprint density at radius 1 is 1.41 bits per heavy atom. The van der Waals surface area contributed by atoms with Crippen LogP contribution in [0.15, 0.2) is 28.8 Å². The van der Waals surface area contributed by atoms with Crippen LogP contribution in [0.3, 0.4) is 0 Å². The summed E-state index contributed by atoms with van der Waals surface area (Å²) in [7, 11) is 3.20. The molecule has 0 aliphatic rings. The lowest BCUT2D eigenvalue weighted by molar-refractivity contribution is 0.0600. The molecular weight excluding hydrogens is 286 g/mol. The van der Waals surface area contributed by atoms with Crippen molar-refractivity contribution >= 4 is 5.97 Å². The van der Waals surface area contributed by atoms with Crippen LogP contribution >= 0.6 is 0 Å².